The number of aryl methyl sites for hydroxylation is 1. The first-order valence-electron chi connectivity index (χ1n) is 10.6. The predicted octanol–water partition coefficient (Wildman–Crippen LogP) is 5.55. The minimum absolute atomic E-state index is 0.0954. The highest BCUT2D eigenvalue weighted by Gasteiger charge is 2.22. The van der Waals surface area contributed by atoms with Gasteiger partial charge in [0.1, 0.15) is 17.2 Å². The first kappa shape index (κ1) is 20.2. The number of halogens is 1. The van der Waals surface area contributed by atoms with Gasteiger partial charge in [-0.05, 0) is 47.9 Å². The van der Waals surface area contributed by atoms with Crippen molar-refractivity contribution < 1.29 is 4.39 Å². The third-order valence-electron chi connectivity index (χ3n) is 5.44. The van der Waals surface area contributed by atoms with Crippen molar-refractivity contribution in [3.8, 4) is 22.6 Å². The normalized spacial score (nSPS) is 12.0. The summed E-state index contributed by atoms with van der Waals surface area (Å²) in [6.45, 7) is 7.23. The molecule has 32 heavy (non-hydrogen) atoms. The van der Waals surface area contributed by atoms with Gasteiger partial charge in [0.25, 0.3) is 0 Å². The van der Waals surface area contributed by atoms with Crippen LogP contribution >= 0.6 is 0 Å². The van der Waals surface area contributed by atoms with Gasteiger partial charge in [-0.15, -0.1) is 0 Å². The monoisotopic (exact) mass is 428 g/mol. The van der Waals surface area contributed by atoms with E-state index in [1.807, 2.05) is 25.2 Å². The number of hydrogen-bond donors (Lipinski definition) is 1. The Labute approximate surface area is 185 Å². The summed E-state index contributed by atoms with van der Waals surface area (Å²) >= 11 is 0. The number of para-hydroxylation sites is 2. The Kier molecular flexibility index (Phi) is 4.69. The number of benzene rings is 2. The van der Waals surface area contributed by atoms with Crippen LogP contribution in [0.4, 0.5) is 10.3 Å². The second-order valence-electron chi connectivity index (χ2n) is 9.18. The highest BCUT2D eigenvalue weighted by atomic mass is 19.1. The zero-order valence-electron chi connectivity index (χ0n) is 18.6. The molecule has 2 aromatic carbocycles. The zero-order chi connectivity index (χ0) is 22.5. The van der Waals surface area contributed by atoms with Crippen LogP contribution in [0, 0.1) is 11.2 Å². The van der Waals surface area contributed by atoms with Crippen LogP contribution in [0.3, 0.4) is 0 Å². The van der Waals surface area contributed by atoms with Gasteiger partial charge in [0, 0.05) is 25.4 Å². The number of imidazole rings is 2. The van der Waals surface area contributed by atoms with Crippen molar-refractivity contribution in [2.75, 3.05) is 11.9 Å². The van der Waals surface area contributed by atoms with E-state index in [9.17, 15) is 4.39 Å². The average Bonchev–Trinajstić information content (AvgIpc) is 3.29. The molecule has 0 aliphatic heterocycles. The van der Waals surface area contributed by atoms with Gasteiger partial charge < -0.3 is 9.88 Å². The summed E-state index contributed by atoms with van der Waals surface area (Å²) < 4.78 is 17.8. The summed E-state index contributed by atoms with van der Waals surface area (Å²) in [5.74, 6) is 1.08. The van der Waals surface area contributed by atoms with Crippen molar-refractivity contribution in [3.63, 3.8) is 0 Å². The van der Waals surface area contributed by atoms with Gasteiger partial charge in [-0.2, -0.15) is 0 Å². The molecule has 6 nitrogen and oxygen atoms in total. The molecule has 1 N–H and O–H groups in total. The summed E-state index contributed by atoms with van der Waals surface area (Å²) in [4.78, 5) is 14.2. The van der Waals surface area contributed by atoms with Crippen LogP contribution in [0.5, 0.6) is 0 Å². The molecule has 0 atom stereocenters. The molecule has 0 amide bonds. The first-order valence-corrected chi connectivity index (χ1v) is 10.6. The standard InChI is InChI=1S/C25H25FN6/c1-25(2,3)15-28-23-27-14-13-18(29-23)22-21(16-9-11-17(26)12-10-16)30-24-31(4)19-7-5-6-8-20(19)32(22)24/h5-14H,15H2,1-4H3,(H,27,28,29). The topological polar surface area (TPSA) is 60.0 Å². The Morgan fingerprint density at radius 3 is 2.38 bits per heavy atom. The van der Waals surface area contributed by atoms with Crippen LogP contribution in [0.15, 0.2) is 60.8 Å². The SMILES string of the molecule is Cn1c2ccccc2n2c(-c3ccnc(NCC(C)(C)C)n3)c(-c3ccc(F)cc3)nc12. The Morgan fingerprint density at radius 1 is 0.938 bits per heavy atom. The Balaban J connectivity index is 1.76. The number of nitrogens with one attached hydrogen (secondary N) is 1. The molecule has 7 heteroatoms. The molecule has 0 aliphatic carbocycles. The molecule has 0 bridgehead atoms. The zero-order valence-corrected chi connectivity index (χ0v) is 18.6. The second kappa shape index (κ2) is 7.44. The van der Waals surface area contributed by atoms with E-state index >= 15 is 0 Å². The van der Waals surface area contributed by atoms with Crippen molar-refractivity contribution >= 4 is 22.8 Å². The van der Waals surface area contributed by atoms with Crippen LogP contribution in [0.25, 0.3) is 39.5 Å². The third-order valence-corrected chi connectivity index (χ3v) is 5.44. The molecular formula is C25H25FN6. The maximum atomic E-state index is 13.6. The lowest BCUT2D eigenvalue weighted by molar-refractivity contribution is 0.442. The number of hydrogen-bond acceptors (Lipinski definition) is 4. The van der Waals surface area contributed by atoms with Crippen LogP contribution in [-0.4, -0.2) is 30.5 Å². The largest absolute Gasteiger partial charge is 0.354 e. The minimum atomic E-state index is -0.278. The Hall–Kier alpha value is -3.74. The lowest BCUT2D eigenvalue weighted by Crippen LogP contribution is -2.20. The molecule has 0 unspecified atom stereocenters. The quantitative estimate of drug-likeness (QED) is 0.408. The number of aromatic nitrogens is 5. The van der Waals surface area contributed by atoms with E-state index < -0.39 is 0 Å². The first-order chi connectivity index (χ1) is 15.3. The second-order valence-corrected chi connectivity index (χ2v) is 9.18. The number of nitrogens with zero attached hydrogens (tertiary/aromatic N) is 5. The molecule has 0 saturated heterocycles. The van der Waals surface area contributed by atoms with E-state index in [1.54, 1.807) is 18.3 Å². The molecule has 0 radical (unpaired) electrons. The van der Waals surface area contributed by atoms with E-state index in [0.29, 0.717) is 5.95 Å². The summed E-state index contributed by atoms with van der Waals surface area (Å²) in [5, 5.41) is 3.34. The van der Waals surface area contributed by atoms with Gasteiger partial charge in [0.05, 0.1) is 16.7 Å². The fourth-order valence-corrected chi connectivity index (χ4v) is 3.87. The minimum Gasteiger partial charge on any atom is -0.354 e. The molecule has 162 valence electrons. The molecule has 3 heterocycles. The molecule has 0 fully saturated rings. The van der Waals surface area contributed by atoms with Crippen molar-refractivity contribution in [2.45, 2.75) is 20.8 Å². The third kappa shape index (κ3) is 3.49. The van der Waals surface area contributed by atoms with Crippen molar-refractivity contribution in [2.24, 2.45) is 12.5 Å². The van der Waals surface area contributed by atoms with E-state index in [1.165, 1.54) is 12.1 Å². The van der Waals surface area contributed by atoms with E-state index in [0.717, 1.165) is 46.0 Å². The maximum absolute atomic E-state index is 13.6. The summed E-state index contributed by atoms with van der Waals surface area (Å²) in [6.07, 6.45) is 1.76. The maximum Gasteiger partial charge on any atom is 0.223 e. The van der Waals surface area contributed by atoms with E-state index in [-0.39, 0.29) is 11.2 Å². The average molecular weight is 429 g/mol. The molecule has 0 saturated carbocycles. The highest BCUT2D eigenvalue weighted by molar-refractivity contribution is 5.89. The van der Waals surface area contributed by atoms with Crippen molar-refractivity contribution in [1.29, 1.82) is 0 Å². The van der Waals surface area contributed by atoms with Gasteiger partial charge >= 0.3 is 0 Å². The van der Waals surface area contributed by atoms with E-state index in [2.05, 4.69) is 52.2 Å². The smallest absolute Gasteiger partial charge is 0.223 e. The molecular weight excluding hydrogens is 403 g/mol. The van der Waals surface area contributed by atoms with Gasteiger partial charge in [0.15, 0.2) is 0 Å². The lowest BCUT2D eigenvalue weighted by atomic mass is 9.97. The summed E-state index contributed by atoms with van der Waals surface area (Å²) in [6, 6.07) is 16.5. The highest BCUT2D eigenvalue weighted by Crippen LogP contribution is 2.35. The molecule has 5 rings (SSSR count). The van der Waals surface area contributed by atoms with Crippen LogP contribution in [-0.2, 0) is 7.05 Å². The fraction of sp³-hybridized carbons (Fsp3) is 0.240. The Bertz CT molecular complexity index is 1420. The number of fused-ring (bicyclic) bond motifs is 3. The van der Waals surface area contributed by atoms with Crippen molar-refractivity contribution in [3.05, 3.63) is 66.6 Å². The van der Waals surface area contributed by atoms with Crippen LogP contribution < -0.4 is 5.32 Å². The Morgan fingerprint density at radius 2 is 1.66 bits per heavy atom. The fourth-order valence-electron chi connectivity index (χ4n) is 3.87. The molecule has 0 spiro atoms. The summed E-state index contributed by atoms with van der Waals surface area (Å²) in [7, 11) is 2.00. The van der Waals surface area contributed by atoms with Gasteiger partial charge in [-0.25, -0.2) is 19.3 Å². The molecule has 3 aromatic heterocycles. The molecule has 5 aromatic rings. The predicted molar refractivity (Wildman–Crippen MR) is 126 cm³/mol. The van der Waals surface area contributed by atoms with Gasteiger partial charge in [-0.1, -0.05) is 32.9 Å². The van der Waals surface area contributed by atoms with Gasteiger partial charge in [-0.3, -0.25) is 4.40 Å². The molecule has 0 aliphatic rings. The van der Waals surface area contributed by atoms with Crippen LogP contribution in [0.1, 0.15) is 20.8 Å². The lowest BCUT2D eigenvalue weighted by Gasteiger charge is -2.18. The summed E-state index contributed by atoms with van der Waals surface area (Å²) in [5.41, 5.74) is 5.38. The van der Waals surface area contributed by atoms with Crippen molar-refractivity contribution in [1.82, 2.24) is 23.9 Å². The number of anilines is 1. The van der Waals surface area contributed by atoms with Gasteiger partial charge in [0.2, 0.25) is 11.7 Å². The van der Waals surface area contributed by atoms with Crippen LogP contribution in [0.2, 0.25) is 0 Å². The number of rotatable bonds is 4. The van der Waals surface area contributed by atoms with E-state index in [4.69, 9.17) is 9.97 Å².